The maximum atomic E-state index is 15.3. The molecule has 2 aromatic heterocycles. The molecule has 0 bridgehead atoms. The highest BCUT2D eigenvalue weighted by atomic mass is 35.5. The molecule has 12 nitrogen and oxygen atoms in total. The molecule has 3 unspecified atom stereocenters. The number of halogens is 2. The van der Waals surface area contributed by atoms with Gasteiger partial charge in [-0.25, -0.2) is 13.9 Å². The maximum Gasteiger partial charge on any atom is 0.459 e. The average Bonchev–Trinajstić information content (AvgIpc) is 3.48. The number of nitrogens with two attached hydrogens (primary N) is 1. The van der Waals surface area contributed by atoms with Crippen LogP contribution in [0.5, 0.6) is 5.75 Å². The van der Waals surface area contributed by atoms with E-state index < -0.39 is 51.0 Å². The summed E-state index contributed by atoms with van der Waals surface area (Å²) in [6, 6.07) is 8.68. The van der Waals surface area contributed by atoms with Crippen LogP contribution >= 0.6 is 19.3 Å². The Hall–Kier alpha value is -2.80. The standard InChI is InChI=1S/C26H34ClFN5O7P/c1-4-16(5-2)13-37-25(35)15(3)32-41(36,40-17-9-7-6-8-10-17)38-14-19-21(34)20(28)24(39-19)33-12-11-18-22(29)30-26(27)31-23(18)33/h6-12,15-16,19-21,24,34H,4-5,13-14H2,1-3H3,(H,32,36)(H2,29,30,31)/t15-,19+,20?,21?,24+,41?/m0/s1. The summed E-state index contributed by atoms with van der Waals surface area (Å²) in [5, 5.41) is 13.5. The number of para-hydroxylation sites is 1. The Bertz CT molecular complexity index is 1380. The van der Waals surface area contributed by atoms with Gasteiger partial charge in [-0.1, -0.05) is 44.9 Å². The molecule has 1 aliphatic rings. The number of nitrogens with one attached hydrogen (secondary N) is 1. The molecule has 1 aliphatic heterocycles. The quantitative estimate of drug-likeness (QED) is 0.142. The van der Waals surface area contributed by atoms with Crippen LogP contribution in [0.2, 0.25) is 5.28 Å². The minimum Gasteiger partial charge on any atom is -0.464 e. The number of carbonyl (C=O) groups is 1. The first-order chi connectivity index (χ1) is 19.5. The van der Waals surface area contributed by atoms with E-state index in [1.165, 1.54) is 17.7 Å². The van der Waals surface area contributed by atoms with Gasteiger partial charge in [-0.3, -0.25) is 9.32 Å². The molecule has 15 heteroatoms. The Morgan fingerprint density at radius 2 is 1.98 bits per heavy atom. The summed E-state index contributed by atoms with van der Waals surface area (Å²) in [7, 11) is -4.27. The van der Waals surface area contributed by atoms with Gasteiger partial charge in [0.25, 0.3) is 0 Å². The van der Waals surface area contributed by atoms with Crippen molar-refractivity contribution in [2.75, 3.05) is 18.9 Å². The van der Waals surface area contributed by atoms with Crippen molar-refractivity contribution >= 4 is 42.2 Å². The highest BCUT2D eigenvalue weighted by Crippen LogP contribution is 2.46. The van der Waals surface area contributed by atoms with Crippen LogP contribution in [0.15, 0.2) is 42.6 Å². The minimum atomic E-state index is -4.27. The summed E-state index contributed by atoms with van der Waals surface area (Å²) in [5.41, 5.74) is 6.10. The summed E-state index contributed by atoms with van der Waals surface area (Å²) >= 11 is 5.93. The van der Waals surface area contributed by atoms with E-state index in [9.17, 15) is 14.5 Å². The molecule has 1 aromatic carbocycles. The third-order valence-electron chi connectivity index (χ3n) is 6.84. The molecule has 3 aromatic rings. The molecule has 41 heavy (non-hydrogen) atoms. The fourth-order valence-corrected chi connectivity index (χ4v) is 5.99. The van der Waals surface area contributed by atoms with Crippen LogP contribution in [0, 0.1) is 5.92 Å². The Balaban J connectivity index is 1.48. The molecule has 0 amide bonds. The van der Waals surface area contributed by atoms with Crippen molar-refractivity contribution in [3.8, 4) is 5.75 Å². The van der Waals surface area contributed by atoms with Crippen molar-refractivity contribution in [1.82, 2.24) is 19.6 Å². The number of hydrogen-bond acceptors (Lipinski definition) is 10. The molecular formula is C26H34ClFN5O7P. The lowest BCUT2D eigenvalue weighted by atomic mass is 10.1. The van der Waals surface area contributed by atoms with Crippen LogP contribution in [0.1, 0.15) is 39.8 Å². The van der Waals surface area contributed by atoms with Crippen molar-refractivity contribution in [1.29, 1.82) is 0 Å². The topological polar surface area (TPSA) is 160 Å². The van der Waals surface area contributed by atoms with Gasteiger partial charge in [0.2, 0.25) is 5.28 Å². The van der Waals surface area contributed by atoms with Crippen LogP contribution in [-0.2, 0) is 23.4 Å². The zero-order valence-electron chi connectivity index (χ0n) is 22.9. The first-order valence-corrected chi connectivity index (χ1v) is 15.2. The molecule has 0 spiro atoms. The van der Waals surface area contributed by atoms with Crippen molar-refractivity contribution in [3.63, 3.8) is 0 Å². The van der Waals surface area contributed by atoms with Gasteiger partial charge in [0, 0.05) is 6.20 Å². The zero-order chi connectivity index (χ0) is 29.7. The number of aromatic nitrogens is 3. The van der Waals surface area contributed by atoms with Crippen LogP contribution in [-0.4, -0.2) is 63.2 Å². The number of alkyl halides is 1. The van der Waals surface area contributed by atoms with Gasteiger partial charge >= 0.3 is 13.7 Å². The molecule has 6 atom stereocenters. The van der Waals surface area contributed by atoms with Crippen molar-refractivity contribution in [2.45, 2.75) is 64.3 Å². The number of esters is 1. The SMILES string of the molecule is CCC(CC)COC(=O)[C@H](C)NP(=O)(OC[C@H]1O[C@@H](n2ccc3c(N)nc(Cl)nc32)C(F)C1O)Oc1ccccc1. The van der Waals surface area contributed by atoms with Crippen molar-refractivity contribution < 1.29 is 37.4 Å². The molecule has 3 heterocycles. The lowest BCUT2D eigenvalue weighted by Crippen LogP contribution is -2.37. The number of benzene rings is 1. The predicted octanol–water partition coefficient (Wildman–Crippen LogP) is 4.42. The maximum absolute atomic E-state index is 15.3. The Labute approximate surface area is 241 Å². The normalized spacial score (nSPS) is 23.0. The summed E-state index contributed by atoms with van der Waals surface area (Å²) < 4.78 is 52.8. The molecule has 0 radical (unpaired) electrons. The number of hydrogen-bond donors (Lipinski definition) is 3. The highest BCUT2D eigenvalue weighted by molar-refractivity contribution is 7.52. The lowest BCUT2D eigenvalue weighted by Gasteiger charge is -2.25. The monoisotopic (exact) mass is 613 g/mol. The van der Waals surface area contributed by atoms with Gasteiger partial charge in [0.1, 0.15) is 35.5 Å². The third-order valence-corrected chi connectivity index (χ3v) is 8.65. The van der Waals surface area contributed by atoms with E-state index in [-0.39, 0.29) is 35.0 Å². The number of anilines is 1. The molecule has 0 saturated carbocycles. The third kappa shape index (κ3) is 7.35. The van der Waals surface area contributed by atoms with E-state index in [1.807, 2.05) is 13.8 Å². The van der Waals surface area contributed by atoms with Gasteiger partial charge < -0.3 is 29.4 Å². The summed E-state index contributed by atoms with van der Waals surface area (Å²) in [4.78, 5) is 20.6. The number of rotatable bonds is 13. The minimum absolute atomic E-state index is 0.102. The van der Waals surface area contributed by atoms with E-state index in [1.54, 1.807) is 36.4 Å². The Morgan fingerprint density at radius 3 is 2.66 bits per heavy atom. The molecule has 0 aliphatic carbocycles. The predicted molar refractivity (Wildman–Crippen MR) is 150 cm³/mol. The first kappa shape index (κ1) is 31.1. The Kier molecular flexibility index (Phi) is 10.2. The fourth-order valence-electron chi connectivity index (χ4n) is 4.32. The number of aliphatic hydroxyl groups is 1. The zero-order valence-corrected chi connectivity index (χ0v) is 24.5. The van der Waals surface area contributed by atoms with Crippen LogP contribution in [0.25, 0.3) is 11.0 Å². The van der Waals surface area contributed by atoms with Gasteiger partial charge in [-0.15, -0.1) is 0 Å². The number of fused-ring (bicyclic) bond motifs is 1. The molecule has 4 rings (SSSR count). The summed E-state index contributed by atoms with van der Waals surface area (Å²) in [5.74, 6) is -0.139. The van der Waals surface area contributed by atoms with Crippen molar-refractivity contribution in [3.05, 3.63) is 47.9 Å². The fraction of sp³-hybridized carbons (Fsp3) is 0.500. The molecular weight excluding hydrogens is 580 g/mol. The van der Waals surface area contributed by atoms with Crippen LogP contribution in [0.4, 0.5) is 10.2 Å². The molecule has 4 N–H and O–H groups in total. The number of nitrogen functional groups attached to an aromatic ring is 1. The van der Waals surface area contributed by atoms with E-state index >= 15 is 4.39 Å². The average molecular weight is 614 g/mol. The van der Waals surface area contributed by atoms with Gasteiger partial charge in [0.15, 0.2) is 12.4 Å². The number of aliphatic hydroxyl groups excluding tert-OH is 1. The second-order valence-electron chi connectivity index (χ2n) is 9.70. The second kappa shape index (κ2) is 13.5. The smallest absolute Gasteiger partial charge is 0.459 e. The van der Waals surface area contributed by atoms with E-state index in [2.05, 4.69) is 15.1 Å². The van der Waals surface area contributed by atoms with Gasteiger partial charge in [0.05, 0.1) is 18.6 Å². The molecule has 224 valence electrons. The molecule has 1 saturated heterocycles. The Morgan fingerprint density at radius 1 is 1.27 bits per heavy atom. The van der Waals surface area contributed by atoms with Crippen LogP contribution < -0.4 is 15.3 Å². The van der Waals surface area contributed by atoms with Crippen LogP contribution in [0.3, 0.4) is 0 Å². The second-order valence-corrected chi connectivity index (χ2v) is 11.7. The van der Waals surface area contributed by atoms with Gasteiger partial charge in [-0.05, 0) is 42.6 Å². The van der Waals surface area contributed by atoms with E-state index in [0.717, 1.165) is 12.8 Å². The van der Waals surface area contributed by atoms with Crippen molar-refractivity contribution in [2.24, 2.45) is 5.92 Å². The highest BCUT2D eigenvalue weighted by Gasteiger charge is 2.47. The number of ether oxygens (including phenoxy) is 2. The number of nitrogens with zero attached hydrogens (tertiary/aromatic N) is 3. The summed E-state index contributed by atoms with van der Waals surface area (Å²) in [6.45, 7) is 5.15. The lowest BCUT2D eigenvalue weighted by molar-refractivity contribution is -0.146. The summed E-state index contributed by atoms with van der Waals surface area (Å²) in [6.07, 6.45) is -2.96. The van der Waals surface area contributed by atoms with E-state index in [0.29, 0.717) is 5.39 Å². The molecule has 1 fully saturated rings. The number of carbonyl (C=O) groups excluding carboxylic acids is 1. The van der Waals surface area contributed by atoms with Gasteiger partial charge in [-0.2, -0.15) is 10.1 Å². The van der Waals surface area contributed by atoms with E-state index in [4.69, 9.17) is 35.9 Å². The first-order valence-electron chi connectivity index (χ1n) is 13.3. The largest absolute Gasteiger partial charge is 0.464 e.